The third-order valence-corrected chi connectivity index (χ3v) is 4.28. The summed E-state index contributed by atoms with van der Waals surface area (Å²) in [5.41, 5.74) is 1.61. The van der Waals surface area contributed by atoms with Crippen LogP contribution >= 0.6 is 11.3 Å². The molecule has 2 rings (SSSR count). The van der Waals surface area contributed by atoms with Gasteiger partial charge in [0.25, 0.3) is 5.91 Å². The van der Waals surface area contributed by atoms with E-state index < -0.39 is 11.9 Å². The minimum Gasteiger partial charge on any atom is -0.452 e. The zero-order valence-electron chi connectivity index (χ0n) is 13.3. The molecule has 0 fully saturated rings. The second kappa shape index (κ2) is 8.98. The molecule has 1 aromatic heterocycles. The van der Waals surface area contributed by atoms with Crippen LogP contribution in [0.3, 0.4) is 0 Å². The van der Waals surface area contributed by atoms with Crippen molar-refractivity contribution in [3.8, 4) is 0 Å². The van der Waals surface area contributed by atoms with E-state index >= 15 is 0 Å². The predicted molar refractivity (Wildman–Crippen MR) is 92.2 cm³/mol. The molecule has 126 valence electrons. The minimum absolute atomic E-state index is 0.279. The van der Waals surface area contributed by atoms with Crippen molar-refractivity contribution < 1.29 is 18.7 Å². The molecule has 0 unspecified atom stereocenters. The van der Waals surface area contributed by atoms with Crippen LogP contribution in [-0.2, 0) is 20.7 Å². The van der Waals surface area contributed by atoms with Crippen molar-refractivity contribution in [1.29, 1.82) is 0 Å². The lowest BCUT2D eigenvalue weighted by Crippen LogP contribution is -2.30. The molecular weight excluding hydrogens is 329 g/mol. The van der Waals surface area contributed by atoms with Gasteiger partial charge in [0.15, 0.2) is 6.61 Å². The highest BCUT2D eigenvalue weighted by atomic mass is 32.1. The molecule has 1 amide bonds. The number of thiophene rings is 1. The molecule has 1 heterocycles. The molecule has 0 saturated heterocycles. The van der Waals surface area contributed by atoms with E-state index in [-0.39, 0.29) is 19.0 Å². The maximum absolute atomic E-state index is 13.4. The largest absolute Gasteiger partial charge is 0.452 e. The van der Waals surface area contributed by atoms with Crippen molar-refractivity contribution in [3.63, 3.8) is 0 Å². The Kier molecular flexibility index (Phi) is 6.69. The predicted octanol–water partition coefficient (Wildman–Crippen LogP) is 3.11. The summed E-state index contributed by atoms with van der Waals surface area (Å²) in [5.74, 6) is -1.29. The zero-order valence-corrected chi connectivity index (χ0v) is 14.1. The van der Waals surface area contributed by atoms with Crippen molar-refractivity contribution >= 4 is 29.3 Å². The maximum Gasteiger partial charge on any atom is 0.331 e. The van der Waals surface area contributed by atoms with E-state index in [9.17, 15) is 14.0 Å². The number of carbonyl (C=O) groups excluding carboxylic acids is 2. The van der Waals surface area contributed by atoms with Crippen LogP contribution < -0.4 is 5.32 Å². The quantitative estimate of drug-likeness (QED) is 0.618. The van der Waals surface area contributed by atoms with Crippen LogP contribution in [0.1, 0.15) is 16.0 Å². The number of ether oxygens (including phenoxy) is 1. The molecular formula is C18H18FNO3S. The van der Waals surface area contributed by atoms with Crippen LogP contribution in [0.5, 0.6) is 0 Å². The minimum atomic E-state index is -0.577. The number of amides is 1. The number of carbonyl (C=O) groups is 2. The molecule has 6 heteroatoms. The topological polar surface area (TPSA) is 55.4 Å². The van der Waals surface area contributed by atoms with Gasteiger partial charge >= 0.3 is 5.97 Å². The Balaban J connectivity index is 1.67. The molecule has 0 aliphatic rings. The summed E-state index contributed by atoms with van der Waals surface area (Å²) in [6, 6.07) is 8.35. The third-order valence-electron chi connectivity index (χ3n) is 3.29. The summed E-state index contributed by atoms with van der Waals surface area (Å²) in [6.45, 7) is 1.87. The van der Waals surface area contributed by atoms with Gasteiger partial charge in [0.1, 0.15) is 5.82 Å². The van der Waals surface area contributed by atoms with Crippen LogP contribution in [0, 0.1) is 12.7 Å². The smallest absolute Gasteiger partial charge is 0.331 e. The number of halogens is 1. The van der Waals surface area contributed by atoms with E-state index in [4.69, 9.17) is 4.74 Å². The molecule has 0 spiro atoms. The lowest BCUT2D eigenvalue weighted by Gasteiger charge is -2.06. The van der Waals surface area contributed by atoms with Gasteiger partial charge in [0, 0.05) is 17.5 Å². The second-order valence-corrected chi connectivity index (χ2v) is 6.05. The third kappa shape index (κ3) is 5.62. The first kappa shape index (κ1) is 17.9. The molecule has 24 heavy (non-hydrogen) atoms. The standard InChI is InChI=1S/C18H18FNO3S/c1-13-9-11-24-16(13)6-7-18(22)23-12-17(21)20-10-8-14-4-2-3-5-15(14)19/h2-7,9,11H,8,10,12H2,1H3,(H,20,21)/b7-6+. The van der Waals surface area contributed by atoms with E-state index in [1.807, 2.05) is 18.4 Å². The number of rotatable bonds is 7. The number of hydrogen-bond acceptors (Lipinski definition) is 4. The first-order chi connectivity index (χ1) is 11.6. The van der Waals surface area contributed by atoms with Gasteiger partial charge in [0.2, 0.25) is 0 Å². The summed E-state index contributed by atoms with van der Waals surface area (Å²) in [7, 11) is 0. The first-order valence-corrected chi connectivity index (χ1v) is 8.33. The Morgan fingerprint density at radius 2 is 2.08 bits per heavy atom. The molecule has 1 N–H and O–H groups in total. The Labute approximate surface area is 144 Å². The lowest BCUT2D eigenvalue weighted by molar-refractivity contribution is -0.143. The summed E-state index contributed by atoms with van der Waals surface area (Å²) in [4.78, 5) is 24.1. The van der Waals surface area contributed by atoms with E-state index in [0.717, 1.165) is 10.4 Å². The van der Waals surface area contributed by atoms with Crippen LogP contribution in [0.4, 0.5) is 4.39 Å². The molecule has 0 bridgehead atoms. The van der Waals surface area contributed by atoms with Gasteiger partial charge in [-0.15, -0.1) is 11.3 Å². The molecule has 0 atom stereocenters. The summed E-state index contributed by atoms with van der Waals surface area (Å²) in [6.07, 6.45) is 3.34. The molecule has 0 aliphatic carbocycles. The van der Waals surface area contributed by atoms with Gasteiger partial charge in [-0.1, -0.05) is 18.2 Å². The number of benzene rings is 1. The molecule has 4 nitrogen and oxygen atoms in total. The first-order valence-electron chi connectivity index (χ1n) is 7.45. The van der Waals surface area contributed by atoms with Crippen molar-refractivity contribution in [2.45, 2.75) is 13.3 Å². The SMILES string of the molecule is Cc1ccsc1/C=C/C(=O)OCC(=O)NCCc1ccccc1F. The highest BCUT2D eigenvalue weighted by Crippen LogP contribution is 2.16. The summed E-state index contributed by atoms with van der Waals surface area (Å²) >= 11 is 1.52. The van der Waals surface area contributed by atoms with Crippen molar-refractivity contribution in [2.75, 3.05) is 13.2 Å². The van der Waals surface area contributed by atoms with Gasteiger partial charge in [0.05, 0.1) is 0 Å². The molecule has 0 aliphatic heterocycles. The Bertz CT molecular complexity index is 739. The Hall–Kier alpha value is -2.47. The molecule has 1 aromatic carbocycles. The van der Waals surface area contributed by atoms with Crippen molar-refractivity contribution in [3.05, 3.63) is 63.6 Å². The number of nitrogens with one attached hydrogen (secondary N) is 1. The maximum atomic E-state index is 13.4. The second-order valence-electron chi connectivity index (χ2n) is 5.10. The normalized spacial score (nSPS) is 10.8. The van der Waals surface area contributed by atoms with Crippen LogP contribution in [-0.4, -0.2) is 25.0 Å². The summed E-state index contributed by atoms with van der Waals surface area (Å²) < 4.78 is 18.3. The molecule has 2 aromatic rings. The Morgan fingerprint density at radius 3 is 2.79 bits per heavy atom. The molecule has 0 radical (unpaired) electrons. The summed E-state index contributed by atoms with van der Waals surface area (Å²) in [5, 5.41) is 4.52. The van der Waals surface area contributed by atoms with Gasteiger partial charge in [-0.2, -0.15) is 0 Å². The Morgan fingerprint density at radius 1 is 1.29 bits per heavy atom. The van der Waals surface area contributed by atoms with E-state index in [2.05, 4.69) is 5.32 Å². The van der Waals surface area contributed by atoms with Crippen LogP contribution in [0.2, 0.25) is 0 Å². The lowest BCUT2D eigenvalue weighted by atomic mass is 10.1. The fourth-order valence-corrected chi connectivity index (χ4v) is 2.79. The van der Waals surface area contributed by atoms with Gasteiger partial charge in [-0.05, 0) is 48.1 Å². The number of aryl methyl sites for hydroxylation is 1. The van der Waals surface area contributed by atoms with Gasteiger partial charge in [-0.3, -0.25) is 4.79 Å². The zero-order chi connectivity index (χ0) is 17.4. The highest BCUT2D eigenvalue weighted by Gasteiger charge is 2.06. The van der Waals surface area contributed by atoms with E-state index in [0.29, 0.717) is 12.0 Å². The monoisotopic (exact) mass is 347 g/mol. The van der Waals surface area contributed by atoms with Gasteiger partial charge in [-0.25, -0.2) is 9.18 Å². The van der Waals surface area contributed by atoms with E-state index in [1.54, 1.807) is 24.3 Å². The molecule has 0 saturated carbocycles. The highest BCUT2D eigenvalue weighted by molar-refractivity contribution is 7.11. The average molecular weight is 347 g/mol. The number of esters is 1. The van der Waals surface area contributed by atoms with E-state index in [1.165, 1.54) is 23.5 Å². The fraction of sp³-hybridized carbons (Fsp3) is 0.222. The van der Waals surface area contributed by atoms with Gasteiger partial charge < -0.3 is 10.1 Å². The van der Waals surface area contributed by atoms with Crippen LogP contribution in [0.25, 0.3) is 6.08 Å². The average Bonchev–Trinajstić information content (AvgIpc) is 2.98. The number of hydrogen-bond donors (Lipinski definition) is 1. The van der Waals surface area contributed by atoms with Crippen LogP contribution in [0.15, 0.2) is 41.8 Å². The van der Waals surface area contributed by atoms with Crippen molar-refractivity contribution in [2.24, 2.45) is 0 Å². The fourth-order valence-electron chi connectivity index (χ4n) is 1.97. The van der Waals surface area contributed by atoms with Crippen molar-refractivity contribution in [1.82, 2.24) is 5.32 Å².